The van der Waals surface area contributed by atoms with E-state index in [-0.39, 0.29) is 17.8 Å². The first-order valence-corrected chi connectivity index (χ1v) is 4.71. The highest BCUT2D eigenvalue weighted by Crippen LogP contribution is 2.35. The van der Waals surface area contributed by atoms with E-state index in [4.69, 9.17) is 15.6 Å². The van der Waals surface area contributed by atoms with Crippen molar-refractivity contribution >= 4 is 6.47 Å². The van der Waals surface area contributed by atoms with Gasteiger partial charge in [0.05, 0.1) is 0 Å². The maximum atomic E-state index is 13.1. The van der Waals surface area contributed by atoms with Gasteiger partial charge < -0.3 is 10.8 Å². The Morgan fingerprint density at radius 3 is 2.47 bits per heavy atom. The molecule has 3 N–H and O–H groups in total. The van der Waals surface area contributed by atoms with Crippen molar-refractivity contribution in [3.8, 4) is 0 Å². The molecule has 1 saturated carbocycles. The Morgan fingerprint density at radius 1 is 1.47 bits per heavy atom. The van der Waals surface area contributed by atoms with E-state index < -0.39 is 0 Å². The van der Waals surface area contributed by atoms with Gasteiger partial charge in [-0.25, -0.2) is 4.39 Å². The van der Waals surface area contributed by atoms with E-state index in [0.717, 1.165) is 18.4 Å². The smallest absolute Gasteiger partial charge is 0.290 e. The van der Waals surface area contributed by atoms with E-state index in [2.05, 4.69) is 0 Å². The summed E-state index contributed by atoms with van der Waals surface area (Å²) in [6, 6.07) is 6.85. The monoisotopic (exact) mass is 211 g/mol. The van der Waals surface area contributed by atoms with E-state index in [0.29, 0.717) is 6.42 Å². The Kier molecular flexibility index (Phi) is 3.80. The second-order valence-electron chi connectivity index (χ2n) is 3.74. The third-order valence-electron chi connectivity index (χ3n) is 2.39. The summed E-state index contributed by atoms with van der Waals surface area (Å²) in [5.74, 6) is -0.130. The van der Waals surface area contributed by atoms with Crippen LogP contribution in [0.1, 0.15) is 18.4 Å². The third kappa shape index (κ3) is 3.67. The molecule has 1 fully saturated rings. The van der Waals surface area contributed by atoms with Gasteiger partial charge in [0.2, 0.25) is 0 Å². The van der Waals surface area contributed by atoms with Crippen molar-refractivity contribution in [3.63, 3.8) is 0 Å². The first kappa shape index (κ1) is 11.7. The Labute approximate surface area is 87.7 Å². The van der Waals surface area contributed by atoms with Crippen molar-refractivity contribution in [1.29, 1.82) is 0 Å². The summed E-state index contributed by atoms with van der Waals surface area (Å²) in [6.45, 7) is -0.250. The van der Waals surface area contributed by atoms with E-state index >= 15 is 0 Å². The van der Waals surface area contributed by atoms with Crippen LogP contribution >= 0.6 is 0 Å². The molecule has 15 heavy (non-hydrogen) atoms. The lowest BCUT2D eigenvalue weighted by atomic mass is 10.0. The average molecular weight is 211 g/mol. The highest BCUT2D eigenvalue weighted by molar-refractivity contribution is 5.32. The van der Waals surface area contributed by atoms with Gasteiger partial charge in [0.1, 0.15) is 5.82 Å². The van der Waals surface area contributed by atoms with Gasteiger partial charge in [-0.1, -0.05) is 18.2 Å². The molecule has 0 bridgehead atoms. The summed E-state index contributed by atoms with van der Waals surface area (Å²) in [5.41, 5.74) is 6.53. The number of hydrogen-bond donors (Lipinski definition) is 2. The lowest BCUT2D eigenvalue weighted by Crippen LogP contribution is -2.24. The minimum atomic E-state index is -0.250. The predicted octanol–water partition coefficient (Wildman–Crippen LogP) is 1.56. The van der Waals surface area contributed by atoms with Gasteiger partial charge in [0.25, 0.3) is 6.47 Å². The number of nitrogens with two attached hydrogens (primary N) is 1. The van der Waals surface area contributed by atoms with Crippen molar-refractivity contribution in [3.05, 3.63) is 35.6 Å². The van der Waals surface area contributed by atoms with Crippen LogP contribution in [0.4, 0.5) is 4.39 Å². The van der Waals surface area contributed by atoms with Crippen molar-refractivity contribution < 1.29 is 14.3 Å². The number of rotatable bonds is 2. The maximum absolute atomic E-state index is 13.1. The average Bonchev–Trinajstić information content (AvgIpc) is 2.89. The van der Waals surface area contributed by atoms with E-state index in [1.54, 1.807) is 6.07 Å². The second kappa shape index (κ2) is 4.89. The van der Waals surface area contributed by atoms with Crippen LogP contribution < -0.4 is 5.73 Å². The highest BCUT2D eigenvalue weighted by Gasteiger charge is 2.38. The lowest BCUT2D eigenvalue weighted by Gasteiger charge is -2.08. The largest absolute Gasteiger partial charge is 0.483 e. The normalized spacial score (nSPS) is 16.1. The fourth-order valence-electron chi connectivity index (χ4n) is 1.36. The van der Waals surface area contributed by atoms with Crippen molar-refractivity contribution in [2.24, 2.45) is 5.73 Å². The zero-order valence-electron chi connectivity index (χ0n) is 8.32. The summed E-state index contributed by atoms with van der Waals surface area (Å²) in [4.78, 5) is 8.36. The molecule has 1 aliphatic carbocycles. The molecular formula is C11H14FNO2. The van der Waals surface area contributed by atoms with Crippen molar-refractivity contribution in [1.82, 2.24) is 0 Å². The third-order valence-corrected chi connectivity index (χ3v) is 2.39. The Bertz CT molecular complexity index is 337. The topological polar surface area (TPSA) is 63.3 Å². The molecule has 0 saturated heterocycles. The number of carbonyl (C=O) groups is 1. The van der Waals surface area contributed by atoms with Gasteiger partial charge in [-0.2, -0.15) is 0 Å². The molecule has 4 heteroatoms. The van der Waals surface area contributed by atoms with Crippen LogP contribution in [0.3, 0.4) is 0 Å². The summed E-state index contributed by atoms with van der Waals surface area (Å²) in [7, 11) is 0. The molecule has 0 amide bonds. The first-order chi connectivity index (χ1) is 7.11. The summed E-state index contributed by atoms with van der Waals surface area (Å²) >= 11 is 0. The molecule has 1 aromatic rings. The molecule has 82 valence electrons. The van der Waals surface area contributed by atoms with Crippen LogP contribution in [0.15, 0.2) is 24.3 Å². The van der Waals surface area contributed by atoms with Crippen molar-refractivity contribution in [2.75, 3.05) is 0 Å². The van der Waals surface area contributed by atoms with Gasteiger partial charge in [-0.15, -0.1) is 0 Å². The molecular weight excluding hydrogens is 197 g/mol. The fourth-order valence-corrected chi connectivity index (χ4v) is 1.36. The fraction of sp³-hybridized carbons (Fsp3) is 0.364. The quantitative estimate of drug-likeness (QED) is 0.730. The first-order valence-electron chi connectivity index (χ1n) is 4.71. The van der Waals surface area contributed by atoms with Gasteiger partial charge in [0.15, 0.2) is 0 Å². The van der Waals surface area contributed by atoms with Gasteiger partial charge >= 0.3 is 0 Å². The molecule has 2 rings (SSSR count). The van der Waals surface area contributed by atoms with E-state index in [1.165, 1.54) is 6.07 Å². The minimum absolute atomic E-state index is 0.0950. The molecule has 0 aliphatic heterocycles. The predicted molar refractivity (Wildman–Crippen MR) is 54.9 cm³/mol. The molecule has 0 spiro atoms. The zero-order valence-corrected chi connectivity index (χ0v) is 8.32. The Balaban J connectivity index is 0.000000337. The molecule has 1 aromatic carbocycles. The van der Waals surface area contributed by atoms with Gasteiger partial charge in [0, 0.05) is 5.54 Å². The molecule has 1 aliphatic rings. The van der Waals surface area contributed by atoms with Gasteiger partial charge in [-0.05, 0) is 30.9 Å². The molecule has 0 heterocycles. The van der Waals surface area contributed by atoms with E-state index in [9.17, 15) is 4.39 Å². The van der Waals surface area contributed by atoms with E-state index in [1.807, 2.05) is 12.1 Å². The minimum Gasteiger partial charge on any atom is -0.483 e. The Hall–Kier alpha value is -1.42. The van der Waals surface area contributed by atoms with Crippen LogP contribution in [0, 0.1) is 5.82 Å². The molecule has 0 unspecified atom stereocenters. The van der Waals surface area contributed by atoms with Crippen LogP contribution in [0.5, 0.6) is 0 Å². The molecule has 0 radical (unpaired) electrons. The molecule has 3 nitrogen and oxygen atoms in total. The summed E-state index contributed by atoms with van der Waals surface area (Å²) in [6.07, 6.45) is 2.74. The van der Waals surface area contributed by atoms with Gasteiger partial charge in [-0.3, -0.25) is 4.79 Å². The highest BCUT2D eigenvalue weighted by atomic mass is 19.1. The standard InChI is InChI=1S/C10H12FN.CH2O2/c11-9-4-2-1-3-8(9)7-10(12)5-6-10;2-1-3/h1-4H,5-7,12H2;1H,(H,2,3). The Morgan fingerprint density at radius 2 is 2.00 bits per heavy atom. The zero-order chi connectivity index (χ0) is 11.3. The van der Waals surface area contributed by atoms with Crippen LogP contribution in [-0.4, -0.2) is 17.1 Å². The lowest BCUT2D eigenvalue weighted by molar-refractivity contribution is -0.122. The number of halogens is 1. The van der Waals surface area contributed by atoms with Crippen molar-refractivity contribution in [2.45, 2.75) is 24.8 Å². The SMILES string of the molecule is NC1(Cc2ccccc2F)CC1.O=CO. The number of hydrogen-bond acceptors (Lipinski definition) is 2. The van der Waals surface area contributed by atoms with Crippen LogP contribution in [0.25, 0.3) is 0 Å². The number of carboxylic acid groups (broad SMARTS) is 1. The summed E-state index contributed by atoms with van der Waals surface area (Å²) in [5, 5.41) is 6.89. The molecule has 0 atom stereocenters. The summed E-state index contributed by atoms with van der Waals surface area (Å²) < 4.78 is 13.1. The van der Waals surface area contributed by atoms with Crippen LogP contribution in [-0.2, 0) is 11.2 Å². The van der Waals surface area contributed by atoms with Crippen LogP contribution in [0.2, 0.25) is 0 Å². The maximum Gasteiger partial charge on any atom is 0.290 e. The second-order valence-corrected chi connectivity index (χ2v) is 3.74. The number of benzene rings is 1. The molecule has 0 aromatic heterocycles.